The number of carbonyl (C=O) groups excluding carboxylic acids is 1. The van der Waals surface area contributed by atoms with Crippen LogP contribution in [0, 0.1) is 11.6 Å². The van der Waals surface area contributed by atoms with Gasteiger partial charge in [0.05, 0.1) is 5.70 Å². The van der Waals surface area contributed by atoms with Crippen LogP contribution >= 0.6 is 0 Å². The first-order valence-corrected chi connectivity index (χ1v) is 14.4. The molecule has 2 N–H and O–H groups in total. The molecule has 2 aromatic rings. The molecule has 0 radical (unpaired) electrons. The fourth-order valence-electron chi connectivity index (χ4n) is 4.03. The Morgan fingerprint density at radius 3 is 2.69 bits per heavy atom. The lowest BCUT2D eigenvalue weighted by molar-refractivity contribution is 0.429. The summed E-state index contributed by atoms with van der Waals surface area (Å²) < 4.78 is 49.5. The van der Waals surface area contributed by atoms with Gasteiger partial charge in [-0.2, -0.15) is 0 Å². The molecule has 11 heteroatoms. The Bertz CT molecular complexity index is 1530. The standard InChI is InChI=1S/C28H31F2N5O3S/c1-5-39(37,17-36)34-21-10-12-26(38-27-11-9-20(29)14-23(27)30)22(15-21)24-16-25(32-18(2)3)28-31-13-7-6-8-19(4)35(28)33-24/h8-12,14-16,18,33H,5-7,13H2,1-4H3,(H,34,37)/b19-8+,31-28?,32-25?. The van der Waals surface area contributed by atoms with Gasteiger partial charge in [0.25, 0.3) is 0 Å². The Morgan fingerprint density at radius 1 is 1.23 bits per heavy atom. The number of amidine groups is 1. The van der Waals surface area contributed by atoms with Crippen LogP contribution in [-0.2, 0) is 14.5 Å². The van der Waals surface area contributed by atoms with Crippen LogP contribution in [0.1, 0.15) is 46.1 Å². The molecule has 0 saturated heterocycles. The van der Waals surface area contributed by atoms with Crippen LogP contribution in [0.5, 0.6) is 11.5 Å². The van der Waals surface area contributed by atoms with E-state index >= 15 is 0 Å². The summed E-state index contributed by atoms with van der Waals surface area (Å²) in [7, 11) is -3.11. The van der Waals surface area contributed by atoms with Gasteiger partial charge in [-0.05, 0) is 70.0 Å². The highest BCUT2D eigenvalue weighted by atomic mass is 32.2. The van der Waals surface area contributed by atoms with Crippen LogP contribution < -0.4 is 14.9 Å². The molecule has 8 nitrogen and oxygen atoms in total. The third kappa shape index (κ3) is 6.55. The van der Waals surface area contributed by atoms with Crippen molar-refractivity contribution >= 4 is 37.9 Å². The summed E-state index contributed by atoms with van der Waals surface area (Å²) >= 11 is 0. The summed E-state index contributed by atoms with van der Waals surface area (Å²) in [5.41, 5.74) is 6.30. The number of nitrogens with zero attached hydrogens (tertiary/aromatic N) is 3. The highest BCUT2D eigenvalue weighted by molar-refractivity contribution is 8.01. The molecule has 0 aromatic heterocycles. The molecule has 0 fully saturated rings. The predicted molar refractivity (Wildman–Crippen MR) is 152 cm³/mol. The fraction of sp³-hybridized carbons (Fsp3) is 0.321. The van der Waals surface area contributed by atoms with Crippen LogP contribution in [0.3, 0.4) is 0 Å². The summed E-state index contributed by atoms with van der Waals surface area (Å²) in [6.07, 6.45) is 5.71. The van der Waals surface area contributed by atoms with E-state index in [1.807, 2.05) is 31.9 Å². The Morgan fingerprint density at radius 2 is 2.00 bits per heavy atom. The van der Waals surface area contributed by atoms with Crippen molar-refractivity contribution in [3.8, 4) is 11.5 Å². The van der Waals surface area contributed by atoms with E-state index in [2.05, 4.69) is 16.2 Å². The fourth-order valence-corrected chi connectivity index (χ4v) is 4.84. The number of allylic oxidation sites excluding steroid dienone is 2. The lowest BCUT2D eigenvalue weighted by Gasteiger charge is -2.35. The largest absolute Gasteiger partial charge is 0.454 e. The minimum atomic E-state index is -3.11. The molecule has 4 rings (SSSR count). The maximum atomic E-state index is 14.5. The first-order valence-electron chi connectivity index (χ1n) is 12.7. The molecule has 2 heterocycles. The molecular formula is C28H31F2N5O3S. The Labute approximate surface area is 227 Å². The number of rotatable bonds is 7. The third-order valence-electron chi connectivity index (χ3n) is 5.98. The van der Waals surface area contributed by atoms with Crippen LogP contribution in [-0.4, -0.2) is 44.3 Å². The van der Waals surface area contributed by atoms with E-state index in [9.17, 15) is 17.8 Å². The smallest absolute Gasteiger partial charge is 0.206 e. The zero-order valence-corrected chi connectivity index (χ0v) is 23.1. The number of benzene rings is 2. The minimum absolute atomic E-state index is 0.0238. The highest BCUT2D eigenvalue weighted by Crippen LogP contribution is 2.35. The average Bonchev–Trinajstić information content (AvgIpc) is 2.89. The van der Waals surface area contributed by atoms with Gasteiger partial charge in [0.15, 0.2) is 17.4 Å². The van der Waals surface area contributed by atoms with Crippen LogP contribution in [0.4, 0.5) is 14.5 Å². The first-order chi connectivity index (χ1) is 18.6. The van der Waals surface area contributed by atoms with E-state index in [-0.39, 0.29) is 23.3 Å². The van der Waals surface area contributed by atoms with Crippen LogP contribution in [0.25, 0.3) is 5.70 Å². The molecule has 2 aliphatic rings. The number of fused-ring (bicyclic) bond motifs is 1. The zero-order valence-electron chi connectivity index (χ0n) is 22.3. The number of nitrogens with one attached hydrogen (secondary N) is 2. The van der Waals surface area contributed by atoms with Crippen molar-refractivity contribution < 1.29 is 22.5 Å². The van der Waals surface area contributed by atoms with Gasteiger partial charge in [-0.1, -0.05) is 13.0 Å². The van der Waals surface area contributed by atoms with Gasteiger partial charge in [0, 0.05) is 41.4 Å². The number of anilines is 1. The third-order valence-corrected chi connectivity index (χ3v) is 7.62. The number of hydrazine groups is 1. The van der Waals surface area contributed by atoms with Gasteiger partial charge in [0.1, 0.15) is 27.0 Å². The topological polar surface area (TPSA) is 95.4 Å². The van der Waals surface area contributed by atoms with Crippen LogP contribution in [0.15, 0.2) is 64.2 Å². The van der Waals surface area contributed by atoms with Gasteiger partial charge in [-0.15, -0.1) is 0 Å². The summed E-state index contributed by atoms with van der Waals surface area (Å²) in [6.45, 7) is 8.15. The van der Waals surface area contributed by atoms with Crippen molar-refractivity contribution in [1.29, 1.82) is 0 Å². The van der Waals surface area contributed by atoms with Gasteiger partial charge in [-0.3, -0.25) is 15.4 Å². The maximum absolute atomic E-state index is 14.5. The summed E-state index contributed by atoms with van der Waals surface area (Å²) in [5, 5.41) is 3.44. The molecule has 2 aliphatic heterocycles. The van der Waals surface area contributed by atoms with Crippen molar-refractivity contribution in [1.82, 2.24) is 10.4 Å². The zero-order chi connectivity index (χ0) is 28.2. The van der Waals surface area contributed by atoms with Crippen molar-refractivity contribution in [2.75, 3.05) is 17.0 Å². The van der Waals surface area contributed by atoms with Crippen molar-refractivity contribution in [3.05, 3.63) is 71.4 Å². The highest BCUT2D eigenvalue weighted by Gasteiger charge is 2.28. The van der Waals surface area contributed by atoms with Crippen molar-refractivity contribution in [2.45, 2.75) is 46.6 Å². The molecule has 0 amide bonds. The Kier molecular flexibility index (Phi) is 8.52. The molecule has 206 valence electrons. The van der Waals surface area contributed by atoms with E-state index in [1.54, 1.807) is 30.4 Å². The van der Waals surface area contributed by atoms with Gasteiger partial charge in [0.2, 0.25) is 5.23 Å². The predicted octanol–water partition coefficient (Wildman–Crippen LogP) is 5.56. The molecule has 1 atom stereocenters. The second-order valence-corrected chi connectivity index (χ2v) is 11.6. The van der Waals surface area contributed by atoms with Gasteiger partial charge in [-0.25, -0.2) is 22.8 Å². The van der Waals surface area contributed by atoms with Gasteiger partial charge >= 0.3 is 0 Å². The monoisotopic (exact) mass is 555 g/mol. The summed E-state index contributed by atoms with van der Waals surface area (Å²) in [5.74, 6) is -0.801. The second kappa shape index (κ2) is 11.8. The normalized spacial score (nSPS) is 19.3. The van der Waals surface area contributed by atoms with E-state index in [0.717, 1.165) is 30.7 Å². The SMILES string of the molecule is CCS(=O)(=C=O)Nc1ccc(Oc2ccc(F)cc2F)c(C2=CC(=NC(C)C)C3=NCCC/C=C(\C)N3N2)c1. The molecular weight excluding hydrogens is 524 g/mol. The minimum Gasteiger partial charge on any atom is -0.454 e. The number of hydrogen-bond acceptors (Lipinski definition) is 7. The number of aliphatic imine (C=N–C) groups is 2. The lowest BCUT2D eigenvalue weighted by Crippen LogP contribution is -2.48. The van der Waals surface area contributed by atoms with Crippen LogP contribution in [0.2, 0.25) is 0 Å². The molecule has 0 spiro atoms. The van der Waals surface area contributed by atoms with Crippen molar-refractivity contribution in [2.24, 2.45) is 9.98 Å². The Hall–Kier alpha value is -3.95. The molecule has 1 unspecified atom stereocenters. The second-order valence-electron chi connectivity index (χ2n) is 9.34. The number of hydrogen-bond donors (Lipinski definition) is 2. The maximum Gasteiger partial charge on any atom is 0.206 e. The molecule has 0 saturated carbocycles. The number of ether oxygens (including phenoxy) is 1. The quantitative estimate of drug-likeness (QED) is 0.436. The number of halogens is 2. The van der Waals surface area contributed by atoms with E-state index < -0.39 is 21.3 Å². The van der Waals surface area contributed by atoms with Gasteiger partial charge < -0.3 is 9.46 Å². The van der Waals surface area contributed by atoms with E-state index in [4.69, 9.17) is 14.7 Å². The molecule has 0 bridgehead atoms. The average molecular weight is 556 g/mol. The summed E-state index contributed by atoms with van der Waals surface area (Å²) in [4.78, 5) is 21.0. The van der Waals surface area contributed by atoms with E-state index in [1.165, 1.54) is 6.07 Å². The van der Waals surface area contributed by atoms with Crippen molar-refractivity contribution in [3.63, 3.8) is 0 Å². The Balaban J connectivity index is 1.89. The lowest BCUT2D eigenvalue weighted by atomic mass is 10.1. The molecule has 39 heavy (non-hydrogen) atoms. The molecule has 2 aromatic carbocycles. The summed E-state index contributed by atoms with van der Waals surface area (Å²) in [6, 6.07) is 7.79. The first kappa shape index (κ1) is 28.1. The van der Waals surface area contributed by atoms with E-state index in [0.29, 0.717) is 35.0 Å². The molecule has 0 aliphatic carbocycles.